The maximum Gasteiger partial charge on any atom is 0.335 e. The van der Waals surface area contributed by atoms with Crippen LogP contribution in [0.4, 0.5) is 10.5 Å². The molecule has 7 nitrogen and oxygen atoms in total. The molecule has 0 aromatic heterocycles. The Balaban J connectivity index is 1.65. The van der Waals surface area contributed by atoms with Crippen LogP contribution in [0, 0.1) is 0 Å². The summed E-state index contributed by atoms with van der Waals surface area (Å²) in [6.07, 6.45) is 1.39. The number of halogens is 4. The van der Waals surface area contributed by atoms with E-state index in [1.807, 2.05) is 6.92 Å². The summed E-state index contributed by atoms with van der Waals surface area (Å²) in [6.45, 7) is 2.38. The summed E-state index contributed by atoms with van der Waals surface area (Å²) >= 11 is 18.9. The zero-order chi connectivity index (χ0) is 26.7. The highest BCUT2D eigenvalue weighted by molar-refractivity contribution is 9.10. The Hall–Kier alpha value is -2.85. The number of ether oxygens (including phenoxy) is 2. The zero-order valence-corrected chi connectivity index (χ0v) is 23.9. The summed E-state index contributed by atoms with van der Waals surface area (Å²) in [5.41, 5.74) is 1.40. The number of benzene rings is 3. The highest BCUT2D eigenvalue weighted by Crippen LogP contribution is 2.36. The molecule has 3 aromatic rings. The summed E-state index contributed by atoms with van der Waals surface area (Å²) in [4.78, 5) is 39.2. The van der Waals surface area contributed by atoms with E-state index < -0.39 is 17.8 Å². The van der Waals surface area contributed by atoms with E-state index >= 15 is 0 Å². The van der Waals surface area contributed by atoms with Gasteiger partial charge >= 0.3 is 6.03 Å². The van der Waals surface area contributed by atoms with E-state index in [1.165, 1.54) is 6.08 Å². The van der Waals surface area contributed by atoms with Gasteiger partial charge in [-0.1, -0.05) is 61.1 Å². The quantitative estimate of drug-likeness (QED) is 0.213. The molecule has 1 N–H and O–H groups in total. The molecular formula is C26H18Br2Cl2N2O5. The Labute approximate surface area is 239 Å². The van der Waals surface area contributed by atoms with E-state index in [9.17, 15) is 14.4 Å². The van der Waals surface area contributed by atoms with Crippen LogP contribution < -0.4 is 19.7 Å². The zero-order valence-electron chi connectivity index (χ0n) is 19.2. The van der Waals surface area contributed by atoms with Crippen LogP contribution in [0.15, 0.2) is 69.1 Å². The van der Waals surface area contributed by atoms with Crippen molar-refractivity contribution in [1.29, 1.82) is 0 Å². The Morgan fingerprint density at radius 3 is 2.30 bits per heavy atom. The van der Waals surface area contributed by atoms with Crippen LogP contribution in [0.25, 0.3) is 6.08 Å². The van der Waals surface area contributed by atoms with Gasteiger partial charge in [0.2, 0.25) is 0 Å². The summed E-state index contributed by atoms with van der Waals surface area (Å²) < 4.78 is 13.0. The number of urea groups is 1. The normalized spacial score (nSPS) is 14.7. The molecule has 1 saturated heterocycles. The van der Waals surface area contributed by atoms with Crippen molar-refractivity contribution in [2.75, 3.05) is 11.5 Å². The van der Waals surface area contributed by atoms with Gasteiger partial charge in [-0.25, -0.2) is 9.69 Å². The lowest BCUT2D eigenvalue weighted by molar-refractivity contribution is -0.122. The predicted octanol–water partition coefficient (Wildman–Crippen LogP) is 7.16. The lowest BCUT2D eigenvalue weighted by atomic mass is 10.1. The van der Waals surface area contributed by atoms with Crippen LogP contribution in [0.5, 0.6) is 11.5 Å². The van der Waals surface area contributed by atoms with Crippen LogP contribution in [0.1, 0.15) is 18.1 Å². The topological polar surface area (TPSA) is 84.9 Å². The molecule has 190 valence electrons. The average Bonchev–Trinajstić information content (AvgIpc) is 2.85. The van der Waals surface area contributed by atoms with Crippen LogP contribution in [-0.2, 0) is 16.2 Å². The molecule has 0 radical (unpaired) electrons. The second-order valence-corrected chi connectivity index (χ2v) is 10.3. The molecule has 4 amide bonds. The number of hydrogen-bond acceptors (Lipinski definition) is 5. The van der Waals surface area contributed by atoms with E-state index in [2.05, 4.69) is 37.2 Å². The van der Waals surface area contributed by atoms with Crippen LogP contribution in [0.3, 0.4) is 0 Å². The van der Waals surface area contributed by atoms with Crippen molar-refractivity contribution in [1.82, 2.24) is 5.32 Å². The van der Waals surface area contributed by atoms with Gasteiger partial charge in [0.25, 0.3) is 11.8 Å². The fourth-order valence-corrected chi connectivity index (χ4v) is 4.49. The fraction of sp³-hybridized carbons (Fsp3) is 0.115. The minimum absolute atomic E-state index is 0.203. The Kier molecular flexibility index (Phi) is 8.59. The molecule has 1 fully saturated rings. The summed E-state index contributed by atoms with van der Waals surface area (Å²) in [6, 6.07) is 14.3. The molecule has 1 heterocycles. The molecule has 0 atom stereocenters. The number of carbonyl (C=O) groups excluding carboxylic acids is 3. The average molecular weight is 669 g/mol. The Morgan fingerprint density at radius 2 is 1.62 bits per heavy atom. The largest absolute Gasteiger partial charge is 0.490 e. The van der Waals surface area contributed by atoms with E-state index in [-0.39, 0.29) is 12.2 Å². The third kappa shape index (κ3) is 6.18. The molecule has 0 bridgehead atoms. The fourth-order valence-electron chi connectivity index (χ4n) is 3.47. The third-order valence-electron chi connectivity index (χ3n) is 5.23. The SMILES string of the molecule is CCOc1cc(/C=C2\C(=O)NC(=O)N(c3ccc(Br)cc3)C2=O)c(Br)cc1OCc1ccc(Cl)c(Cl)c1. The molecule has 0 aliphatic carbocycles. The number of nitrogens with one attached hydrogen (secondary N) is 1. The van der Waals surface area contributed by atoms with Gasteiger partial charge in [-0.15, -0.1) is 0 Å². The molecule has 0 unspecified atom stereocenters. The van der Waals surface area contributed by atoms with Crippen molar-refractivity contribution in [3.8, 4) is 11.5 Å². The van der Waals surface area contributed by atoms with Gasteiger partial charge in [0, 0.05) is 8.95 Å². The highest BCUT2D eigenvalue weighted by atomic mass is 79.9. The maximum atomic E-state index is 13.2. The lowest BCUT2D eigenvalue weighted by Crippen LogP contribution is -2.54. The van der Waals surface area contributed by atoms with Crippen molar-refractivity contribution in [3.05, 3.63) is 90.3 Å². The maximum absolute atomic E-state index is 13.2. The van der Waals surface area contributed by atoms with E-state index in [0.29, 0.717) is 43.9 Å². The molecule has 1 aliphatic heterocycles. The van der Waals surface area contributed by atoms with Crippen LogP contribution in [0.2, 0.25) is 10.0 Å². The summed E-state index contributed by atoms with van der Waals surface area (Å²) in [5.74, 6) is -0.704. The van der Waals surface area contributed by atoms with Gasteiger partial charge in [0.15, 0.2) is 11.5 Å². The number of barbiturate groups is 1. The first-order valence-electron chi connectivity index (χ1n) is 10.9. The van der Waals surface area contributed by atoms with Gasteiger partial charge in [-0.3, -0.25) is 14.9 Å². The second kappa shape index (κ2) is 11.7. The van der Waals surface area contributed by atoms with Crippen molar-refractivity contribution in [3.63, 3.8) is 0 Å². The molecule has 37 heavy (non-hydrogen) atoms. The van der Waals surface area contributed by atoms with E-state index in [0.717, 1.165) is 14.9 Å². The Bertz CT molecular complexity index is 1430. The van der Waals surface area contributed by atoms with Gasteiger partial charge in [0.1, 0.15) is 12.2 Å². The van der Waals surface area contributed by atoms with Crippen molar-refractivity contribution < 1.29 is 23.9 Å². The highest BCUT2D eigenvalue weighted by Gasteiger charge is 2.37. The molecule has 0 saturated carbocycles. The van der Waals surface area contributed by atoms with Crippen LogP contribution >= 0.6 is 55.1 Å². The Morgan fingerprint density at radius 1 is 0.919 bits per heavy atom. The van der Waals surface area contributed by atoms with Gasteiger partial charge in [0.05, 0.1) is 22.3 Å². The first-order valence-corrected chi connectivity index (χ1v) is 13.2. The molecule has 11 heteroatoms. The monoisotopic (exact) mass is 666 g/mol. The molecule has 4 rings (SSSR count). The second-order valence-electron chi connectivity index (χ2n) is 7.72. The minimum Gasteiger partial charge on any atom is -0.490 e. The number of hydrogen-bond donors (Lipinski definition) is 1. The number of rotatable bonds is 7. The number of carbonyl (C=O) groups is 3. The van der Waals surface area contributed by atoms with E-state index in [4.69, 9.17) is 32.7 Å². The summed E-state index contributed by atoms with van der Waals surface area (Å²) in [5, 5.41) is 3.08. The minimum atomic E-state index is -0.824. The van der Waals surface area contributed by atoms with Crippen LogP contribution in [-0.4, -0.2) is 24.5 Å². The standard InChI is InChI=1S/C26H18Br2Cl2N2O5/c1-2-36-22-11-15(19(28)12-23(22)37-13-14-3-8-20(29)21(30)9-14)10-18-24(33)31-26(35)32(25(18)34)17-6-4-16(27)5-7-17/h3-12H,2,13H2,1H3,(H,31,33,35)/b18-10+. The number of anilines is 1. The smallest absolute Gasteiger partial charge is 0.335 e. The van der Waals surface area contributed by atoms with Gasteiger partial charge in [-0.2, -0.15) is 0 Å². The van der Waals surface area contributed by atoms with Gasteiger partial charge in [-0.05, 0) is 72.7 Å². The number of amides is 4. The lowest BCUT2D eigenvalue weighted by Gasteiger charge is -2.26. The van der Waals surface area contributed by atoms with Crippen molar-refractivity contribution in [2.45, 2.75) is 13.5 Å². The predicted molar refractivity (Wildman–Crippen MR) is 149 cm³/mol. The molecule has 1 aliphatic rings. The number of nitrogens with zero attached hydrogens (tertiary/aromatic N) is 1. The number of imide groups is 2. The summed E-state index contributed by atoms with van der Waals surface area (Å²) in [7, 11) is 0. The first kappa shape index (κ1) is 27.2. The molecule has 3 aromatic carbocycles. The molecule has 0 spiro atoms. The third-order valence-corrected chi connectivity index (χ3v) is 7.18. The molecular weight excluding hydrogens is 651 g/mol. The first-order chi connectivity index (χ1) is 17.7. The van der Waals surface area contributed by atoms with Crippen molar-refractivity contribution in [2.24, 2.45) is 0 Å². The van der Waals surface area contributed by atoms with Gasteiger partial charge < -0.3 is 9.47 Å². The van der Waals surface area contributed by atoms with E-state index in [1.54, 1.807) is 54.6 Å². The van der Waals surface area contributed by atoms with Crippen molar-refractivity contribution >= 4 is 84.7 Å².